The highest BCUT2D eigenvalue weighted by Gasteiger charge is 2.43. The molecular weight excluding hydrogens is 208 g/mol. The molecule has 90 valence electrons. The van der Waals surface area contributed by atoms with E-state index in [0.29, 0.717) is 13.1 Å². The number of aliphatic hydroxyl groups is 1. The summed E-state index contributed by atoms with van der Waals surface area (Å²) in [4.78, 5) is 24.8. The molecular formula is C11H18N2O3. The lowest BCUT2D eigenvalue weighted by Gasteiger charge is -2.13. The Morgan fingerprint density at radius 1 is 1.75 bits per heavy atom. The second-order valence-electron chi connectivity index (χ2n) is 3.87. The van der Waals surface area contributed by atoms with Gasteiger partial charge in [0.15, 0.2) is 0 Å². The summed E-state index contributed by atoms with van der Waals surface area (Å²) in [6, 6.07) is 0. The van der Waals surface area contributed by atoms with E-state index >= 15 is 0 Å². The van der Waals surface area contributed by atoms with Crippen molar-refractivity contribution in [3.05, 3.63) is 12.7 Å². The van der Waals surface area contributed by atoms with Gasteiger partial charge in [0.1, 0.15) is 5.92 Å². The van der Waals surface area contributed by atoms with Crippen LogP contribution in [-0.2, 0) is 9.59 Å². The Morgan fingerprint density at radius 2 is 2.44 bits per heavy atom. The van der Waals surface area contributed by atoms with Crippen molar-refractivity contribution in [1.82, 2.24) is 10.2 Å². The molecule has 5 heteroatoms. The summed E-state index contributed by atoms with van der Waals surface area (Å²) in [5.74, 6) is -1.65. The van der Waals surface area contributed by atoms with Gasteiger partial charge in [0.25, 0.3) is 0 Å². The van der Waals surface area contributed by atoms with E-state index in [1.54, 1.807) is 6.08 Å². The van der Waals surface area contributed by atoms with Crippen molar-refractivity contribution in [3.8, 4) is 0 Å². The summed E-state index contributed by atoms with van der Waals surface area (Å²) in [6.07, 6.45) is 1.47. The Bertz CT molecular complexity index is 291. The van der Waals surface area contributed by atoms with Gasteiger partial charge >= 0.3 is 0 Å². The van der Waals surface area contributed by atoms with E-state index in [9.17, 15) is 14.7 Å². The molecule has 2 unspecified atom stereocenters. The molecule has 1 aliphatic heterocycles. The maximum absolute atomic E-state index is 11.8. The fraction of sp³-hybridized carbons (Fsp3) is 0.636. The van der Waals surface area contributed by atoms with Crippen LogP contribution in [0.4, 0.5) is 0 Å². The van der Waals surface area contributed by atoms with E-state index in [1.807, 2.05) is 6.92 Å². The maximum atomic E-state index is 11.8. The van der Waals surface area contributed by atoms with Crippen LogP contribution in [0.25, 0.3) is 0 Å². The van der Waals surface area contributed by atoms with Gasteiger partial charge in [-0.25, -0.2) is 0 Å². The van der Waals surface area contributed by atoms with Gasteiger partial charge in [0.05, 0.1) is 6.10 Å². The minimum absolute atomic E-state index is 0.203. The second-order valence-corrected chi connectivity index (χ2v) is 3.87. The van der Waals surface area contributed by atoms with Gasteiger partial charge in [-0.1, -0.05) is 13.0 Å². The summed E-state index contributed by atoms with van der Waals surface area (Å²) >= 11 is 0. The van der Waals surface area contributed by atoms with Crippen molar-refractivity contribution in [2.45, 2.75) is 19.4 Å². The third-order valence-electron chi connectivity index (χ3n) is 2.55. The van der Waals surface area contributed by atoms with Gasteiger partial charge in [-0.3, -0.25) is 9.59 Å². The van der Waals surface area contributed by atoms with Crippen LogP contribution < -0.4 is 5.32 Å². The third kappa shape index (κ3) is 2.61. The number of aliphatic hydroxyl groups excluding tert-OH is 1. The molecule has 1 aliphatic rings. The summed E-state index contributed by atoms with van der Waals surface area (Å²) in [7, 11) is 0. The monoisotopic (exact) mass is 226 g/mol. The number of amides is 2. The topological polar surface area (TPSA) is 69.6 Å². The smallest absolute Gasteiger partial charge is 0.238 e. The molecule has 1 rings (SSSR count). The Kier molecular flexibility index (Phi) is 4.49. The predicted octanol–water partition coefficient (Wildman–Crippen LogP) is -0.482. The van der Waals surface area contributed by atoms with E-state index in [1.165, 1.54) is 4.90 Å². The van der Waals surface area contributed by atoms with E-state index in [4.69, 9.17) is 0 Å². The van der Waals surface area contributed by atoms with E-state index in [2.05, 4.69) is 11.9 Å². The zero-order valence-electron chi connectivity index (χ0n) is 9.48. The van der Waals surface area contributed by atoms with Crippen LogP contribution in [0.1, 0.15) is 13.3 Å². The van der Waals surface area contributed by atoms with Gasteiger partial charge in [-0.2, -0.15) is 0 Å². The van der Waals surface area contributed by atoms with E-state index in [-0.39, 0.29) is 18.4 Å². The van der Waals surface area contributed by atoms with Gasteiger partial charge < -0.3 is 15.3 Å². The number of hydrogen-bond acceptors (Lipinski definition) is 3. The minimum atomic E-state index is -0.952. The normalized spacial score (nSPS) is 24.6. The molecule has 5 nitrogen and oxygen atoms in total. The van der Waals surface area contributed by atoms with Crippen molar-refractivity contribution < 1.29 is 14.7 Å². The highest BCUT2D eigenvalue weighted by molar-refractivity contribution is 6.02. The fourth-order valence-corrected chi connectivity index (χ4v) is 1.75. The molecule has 0 radical (unpaired) electrons. The van der Waals surface area contributed by atoms with Crippen molar-refractivity contribution >= 4 is 11.8 Å². The molecule has 0 aromatic heterocycles. The number of nitrogens with zero attached hydrogens (tertiary/aromatic N) is 1. The summed E-state index contributed by atoms with van der Waals surface area (Å²) < 4.78 is 0. The molecule has 2 N–H and O–H groups in total. The Balaban J connectivity index is 2.62. The number of hydrogen-bond donors (Lipinski definition) is 2. The van der Waals surface area contributed by atoms with Crippen molar-refractivity contribution in [2.75, 3.05) is 19.6 Å². The van der Waals surface area contributed by atoms with Crippen LogP contribution in [0.2, 0.25) is 0 Å². The first-order chi connectivity index (χ1) is 7.61. The van der Waals surface area contributed by atoms with Crippen molar-refractivity contribution in [1.29, 1.82) is 0 Å². The quantitative estimate of drug-likeness (QED) is 0.491. The third-order valence-corrected chi connectivity index (χ3v) is 2.55. The maximum Gasteiger partial charge on any atom is 0.238 e. The number of rotatable bonds is 5. The summed E-state index contributed by atoms with van der Waals surface area (Å²) in [6.45, 7) is 6.55. The number of likely N-dealkylation sites (tertiary alicyclic amines) is 1. The summed E-state index contributed by atoms with van der Waals surface area (Å²) in [5, 5.41) is 12.3. The van der Waals surface area contributed by atoms with Crippen molar-refractivity contribution in [3.63, 3.8) is 0 Å². The average Bonchev–Trinajstić information content (AvgIpc) is 2.52. The van der Waals surface area contributed by atoms with Crippen LogP contribution in [0.3, 0.4) is 0 Å². The van der Waals surface area contributed by atoms with Crippen LogP contribution in [0.5, 0.6) is 0 Å². The molecule has 16 heavy (non-hydrogen) atoms. The standard InChI is InChI=1S/C11H18N2O3/c1-3-5-12-10(15)9-8(14)7-13(6-4-2)11(9)16/h4,8-9,14H,2-3,5-7H2,1H3,(H,12,15). The molecule has 2 atom stereocenters. The van der Waals surface area contributed by atoms with Gasteiger partial charge in [0.2, 0.25) is 11.8 Å². The number of carbonyl (C=O) groups is 2. The second kappa shape index (κ2) is 5.65. The molecule has 0 aromatic carbocycles. The van der Waals surface area contributed by atoms with Gasteiger partial charge in [0, 0.05) is 19.6 Å². The van der Waals surface area contributed by atoms with Gasteiger partial charge in [-0.05, 0) is 6.42 Å². The molecule has 0 aliphatic carbocycles. The van der Waals surface area contributed by atoms with Crippen molar-refractivity contribution in [2.24, 2.45) is 5.92 Å². The largest absolute Gasteiger partial charge is 0.390 e. The van der Waals surface area contributed by atoms with Crippen LogP contribution in [0, 0.1) is 5.92 Å². The number of nitrogens with one attached hydrogen (secondary N) is 1. The van der Waals surface area contributed by atoms with Crippen LogP contribution in [0.15, 0.2) is 12.7 Å². The fourth-order valence-electron chi connectivity index (χ4n) is 1.75. The van der Waals surface area contributed by atoms with Gasteiger partial charge in [-0.15, -0.1) is 6.58 Å². The molecule has 0 saturated carbocycles. The molecule has 1 fully saturated rings. The SMILES string of the molecule is C=CCN1CC(O)C(C(=O)NCCC)C1=O. The molecule has 1 heterocycles. The number of β-amino-alcohol motifs (C(OH)–C–C–N with tert-alkyl or cyclic N) is 1. The predicted molar refractivity (Wildman–Crippen MR) is 59.6 cm³/mol. The Hall–Kier alpha value is -1.36. The highest BCUT2D eigenvalue weighted by atomic mass is 16.3. The Morgan fingerprint density at radius 3 is 3.00 bits per heavy atom. The molecule has 2 amide bonds. The molecule has 0 aromatic rings. The lowest BCUT2D eigenvalue weighted by molar-refractivity contribution is -0.139. The molecule has 0 bridgehead atoms. The number of carbonyl (C=O) groups excluding carboxylic acids is 2. The molecule has 0 spiro atoms. The average molecular weight is 226 g/mol. The van der Waals surface area contributed by atoms with E-state index < -0.39 is 12.0 Å². The first-order valence-corrected chi connectivity index (χ1v) is 5.47. The molecule has 1 saturated heterocycles. The summed E-state index contributed by atoms with van der Waals surface area (Å²) in [5.41, 5.74) is 0. The minimum Gasteiger partial charge on any atom is -0.390 e. The van der Waals surface area contributed by atoms with Crippen LogP contribution >= 0.6 is 0 Å². The zero-order chi connectivity index (χ0) is 12.1. The first kappa shape index (κ1) is 12.7. The Labute approximate surface area is 95.1 Å². The van der Waals surface area contributed by atoms with Crippen LogP contribution in [-0.4, -0.2) is 47.6 Å². The first-order valence-electron chi connectivity index (χ1n) is 5.47. The lowest BCUT2D eigenvalue weighted by Crippen LogP contribution is -2.40. The highest BCUT2D eigenvalue weighted by Crippen LogP contribution is 2.18. The zero-order valence-corrected chi connectivity index (χ0v) is 9.48. The lowest BCUT2D eigenvalue weighted by atomic mass is 10.1. The van der Waals surface area contributed by atoms with E-state index in [0.717, 1.165) is 6.42 Å².